The average molecular weight is 615 g/mol. The summed E-state index contributed by atoms with van der Waals surface area (Å²) >= 11 is 0. The number of methoxy groups -OCH3 is 1. The van der Waals surface area contributed by atoms with E-state index in [1.807, 2.05) is 0 Å². The van der Waals surface area contributed by atoms with Crippen molar-refractivity contribution in [2.24, 2.45) is 17.8 Å². The van der Waals surface area contributed by atoms with E-state index >= 15 is 0 Å². The summed E-state index contributed by atoms with van der Waals surface area (Å²) in [5.41, 5.74) is -1.57. The number of carbonyl (C=O) groups is 5. The van der Waals surface area contributed by atoms with Crippen molar-refractivity contribution < 1.29 is 59.0 Å². The fourth-order valence-electron chi connectivity index (χ4n) is 6.95. The summed E-state index contributed by atoms with van der Waals surface area (Å²) in [5.74, 6) is -10.9. The number of rotatable bonds is 4. The lowest BCUT2D eigenvalue weighted by atomic mass is 9.58. The van der Waals surface area contributed by atoms with Crippen LogP contribution in [0.15, 0.2) is 36.4 Å². The number of allylic oxidation sites excluding steroid dienone is 2. The molecule has 0 saturated heterocycles. The van der Waals surface area contributed by atoms with Gasteiger partial charge >= 0.3 is 11.9 Å². The number of phenols is 5. The van der Waals surface area contributed by atoms with Crippen LogP contribution >= 0.6 is 0 Å². The van der Waals surface area contributed by atoms with Crippen molar-refractivity contribution in [3.63, 3.8) is 0 Å². The van der Waals surface area contributed by atoms with Crippen molar-refractivity contribution in [1.29, 1.82) is 0 Å². The second-order valence-electron chi connectivity index (χ2n) is 11.3. The molecular formula is C33H26O12. The van der Waals surface area contributed by atoms with E-state index in [0.29, 0.717) is 5.56 Å². The first-order valence-electron chi connectivity index (χ1n) is 13.8. The van der Waals surface area contributed by atoms with Gasteiger partial charge in [-0.2, -0.15) is 0 Å². The van der Waals surface area contributed by atoms with Crippen molar-refractivity contribution in [2.75, 3.05) is 7.11 Å². The highest BCUT2D eigenvalue weighted by molar-refractivity contribution is 6.32. The predicted octanol–water partition coefficient (Wildman–Crippen LogP) is 3.41. The highest BCUT2D eigenvalue weighted by Gasteiger charge is 2.55. The minimum atomic E-state index is -1.41. The van der Waals surface area contributed by atoms with Crippen LogP contribution in [0, 0.1) is 24.7 Å². The fourth-order valence-corrected chi connectivity index (χ4v) is 6.95. The molecule has 0 aliphatic heterocycles. The van der Waals surface area contributed by atoms with Crippen LogP contribution in [0.4, 0.5) is 0 Å². The molecule has 5 N–H and O–H groups in total. The summed E-state index contributed by atoms with van der Waals surface area (Å²) in [5, 5.41) is 54.0. The molecular weight excluding hydrogens is 588 g/mol. The Kier molecular flexibility index (Phi) is 6.68. The molecule has 0 spiro atoms. The lowest BCUT2D eigenvalue weighted by Crippen LogP contribution is -2.48. The second kappa shape index (κ2) is 10.2. The van der Waals surface area contributed by atoms with Crippen LogP contribution in [0.1, 0.15) is 71.9 Å². The van der Waals surface area contributed by atoms with E-state index in [1.165, 1.54) is 19.1 Å². The molecule has 3 aliphatic rings. The van der Waals surface area contributed by atoms with E-state index < -0.39 is 92.8 Å². The predicted molar refractivity (Wildman–Crippen MR) is 153 cm³/mol. The summed E-state index contributed by atoms with van der Waals surface area (Å²) < 4.78 is 10.3. The van der Waals surface area contributed by atoms with Crippen LogP contribution in [0.2, 0.25) is 0 Å². The Morgan fingerprint density at radius 2 is 1.49 bits per heavy atom. The molecule has 6 rings (SSSR count). The maximum atomic E-state index is 14.1. The number of carbonyl (C=O) groups excluding carboxylic acids is 5. The Morgan fingerprint density at radius 1 is 0.822 bits per heavy atom. The highest BCUT2D eigenvalue weighted by atomic mass is 16.5. The van der Waals surface area contributed by atoms with E-state index in [-0.39, 0.29) is 40.0 Å². The number of phenolic OH excluding ortho intramolecular Hbond substituents is 5. The Bertz CT molecular complexity index is 1930. The summed E-state index contributed by atoms with van der Waals surface area (Å²) in [4.78, 5) is 66.4. The molecule has 3 aromatic rings. The first kappa shape index (κ1) is 29.4. The number of benzene rings is 3. The van der Waals surface area contributed by atoms with Crippen molar-refractivity contribution in [3.05, 3.63) is 80.9 Å². The molecule has 12 nitrogen and oxygen atoms in total. The zero-order valence-electron chi connectivity index (χ0n) is 24.1. The number of fused-ring (bicyclic) bond motifs is 6. The third-order valence-electron chi connectivity index (χ3n) is 8.67. The van der Waals surface area contributed by atoms with Gasteiger partial charge in [-0.25, -0.2) is 4.79 Å². The first-order valence-corrected chi connectivity index (χ1v) is 13.8. The molecule has 2 bridgehead atoms. The van der Waals surface area contributed by atoms with Gasteiger partial charge in [0.2, 0.25) is 5.78 Å². The Morgan fingerprint density at radius 3 is 2.13 bits per heavy atom. The Balaban J connectivity index is 1.52. The second-order valence-corrected chi connectivity index (χ2v) is 11.3. The normalized spacial score (nSPS) is 21.2. The average Bonchev–Trinajstić information content (AvgIpc) is 2.96. The molecule has 0 heterocycles. The topological polar surface area (TPSA) is 205 Å². The quantitative estimate of drug-likeness (QED) is 0.124. The van der Waals surface area contributed by atoms with Gasteiger partial charge in [0.1, 0.15) is 46.0 Å². The molecule has 0 fully saturated rings. The van der Waals surface area contributed by atoms with Gasteiger partial charge < -0.3 is 35.0 Å². The lowest BCUT2D eigenvalue weighted by molar-refractivity contribution is -0.153. The van der Waals surface area contributed by atoms with Crippen molar-refractivity contribution in [3.8, 4) is 28.7 Å². The summed E-state index contributed by atoms with van der Waals surface area (Å²) in [6.07, 6.45) is 0.492. The maximum Gasteiger partial charge on any atom is 0.342 e. The van der Waals surface area contributed by atoms with Crippen LogP contribution in [-0.2, 0) is 25.5 Å². The standard InChI is InChI=1S/C33H26O12/c1-11-6-16-23(19(37)7-11)30(41)27-22(32(16)45-12(2)34)13-8-14-10-20(38)26(29(40)21(14)15(9-13)28(27)39)31(42)24-17(35)4-5-18(36)25(24)33(43)44-3/h4-7,9-10,13,22,27,32,35-38,40H,8H2,1-3H3/t13?,22?,27?,32-/m0/s1. The van der Waals surface area contributed by atoms with E-state index in [9.17, 15) is 49.5 Å². The summed E-state index contributed by atoms with van der Waals surface area (Å²) in [6, 6.07) is 6.02. The lowest BCUT2D eigenvalue weighted by Gasteiger charge is -2.45. The van der Waals surface area contributed by atoms with Gasteiger partial charge in [-0.05, 0) is 54.7 Å². The molecule has 0 aromatic heterocycles. The monoisotopic (exact) mass is 614 g/mol. The van der Waals surface area contributed by atoms with Crippen molar-refractivity contribution in [2.45, 2.75) is 26.4 Å². The number of Topliss-reactive ketones (excluding diaryl/α,β-unsaturated/α-hetero) is 2. The molecule has 0 radical (unpaired) electrons. The van der Waals surface area contributed by atoms with Crippen molar-refractivity contribution in [1.82, 2.24) is 0 Å². The van der Waals surface area contributed by atoms with Crippen LogP contribution in [-0.4, -0.2) is 61.9 Å². The molecule has 0 amide bonds. The fraction of sp³-hybridized carbons (Fsp3) is 0.242. The summed E-state index contributed by atoms with van der Waals surface area (Å²) in [6.45, 7) is 2.88. The molecule has 0 saturated carbocycles. The largest absolute Gasteiger partial charge is 0.507 e. The van der Waals surface area contributed by atoms with E-state index in [1.54, 1.807) is 13.0 Å². The number of esters is 2. The zero-order chi connectivity index (χ0) is 32.6. The number of aryl methyl sites for hydroxylation is 1. The van der Waals surface area contributed by atoms with Gasteiger partial charge in [-0.3, -0.25) is 19.2 Å². The third-order valence-corrected chi connectivity index (χ3v) is 8.67. The first-order chi connectivity index (χ1) is 21.3. The smallest absolute Gasteiger partial charge is 0.342 e. The maximum absolute atomic E-state index is 14.1. The molecule has 45 heavy (non-hydrogen) atoms. The van der Waals surface area contributed by atoms with Gasteiger partial charge in [0.05, 0.1) is 24.2 Å². The van der Waals surface area contributed by atoms with Gasteiger partial charge in [0.25, 0.3) is 0 Å². The van der Waals surface area contributed by atoms with Crippen LogP contribution in [0.5, 0.6) is 28.7 Å². The molecule has 4 atom stereocenters. The Hall–Kier alpha value is -5.65. The van der Waals surface area contributed by atoms with Gasteiger partial charge in [0.15, 0.2) is 11.6 Å². The molecule has 3 aliphatic carbocycles. The number of aromatic hydroxyl groups is 5. The number of ketones is 3. The highest BCUT2D eigenvalue weighted by Crippen LogP contribution is 2.56. The molecule has 230 valence electrons. The molecule has 3 aromatic carbocycles. The number of hydrogen-bond acceptors (Lipinski definition) is 12. The van der Waals surface area contributed by atoms with Crippen molar-refractivity contribution >= 4 is 34.9 Å². The van der Waals surface area contributed by atoms with E-state index in [4.69, 9.17) is 4.74 Å². The van der Waals surface area contributed by atoms with Crippen LogP contribution in [0.3, 0.4) is 0 Å². The summed E-state index contributed by atoms with van der Waals surface area (Å²) in [7, 11) is 0.983. The van der Waals surface area contributed by atoms with Gasteiger partial charge in [-0.1, -0.05) is 12.1 Å². The molecule has 3 unspecified atom stereocenters. The van der Waals surface area contributed by atoms with Crippen LogP contribution in [0.25, 0.3) is 5.57 Å². The van der Waals surface area contributed by atoms with Gasteiger partial charge in [0, 0.05) is 29.5 Å². The minimum absolute atomic E-state index is 0.0475. The van der Waals surface area contributed by atoms with E-state index in [0.717, 1.165) is 25.3 Å². The van der Waals surface area contributed by atoms with Crippen LogP contribution < -0.4 is 0 Å². The Labute approximate surface area is 254 Å². The number of ether oxygens (including phenoxy) is 2. The minimum Gasteiger partial charge on any atom is -0.507 e. The third kappa shape index (κ3) is 4.24. The molecule has 12 heteroatoms. The van der Waals surface area contributed by atoms with E-state index in [2.05, 4.69) is 4.74 Å². The zero-order valence-corrected chi connectivity index (χ0v) is 24.1. The SMILES string of the molecule is COC(=O)c1c(O)ccc(O)c1C(=O)c1c(O)cc2c(c1O)C1=CC(C2)C2C(C1=O)C(=O)c1c(O)cc(C)cc1[C@@H]2OC(C)=O. The van der Waals surface area contributed by atoms with Gasteiger partial charge in [-0.15, -0.1) is 0 Å². The number of hydrogen-bond donors (Lipinski definition) is 5.